The minimum atomic E-state index is -0.415. The number of carbonyl (C=O) groups is 1. The molecule has 0 aliphatic rings. The highest BCUT2D eigenvalue weighted by Gasteiger charge is 2.17. The number of nitriles is 1. The Morgan fingerprint density at radius 3 is 2.74 bits per heavy atom. The van der Waals surface area contributed by atoms with Gasteiger partial charge in [0, 0.05) is 47.7 Å². The normalized spacial score (nSPS) is 12.5. The predicted octanol–water partition coefficient (Wildman–Crippen LogP) is 4.06. The fourth-order valence-electron chi connectivity index (χ4n) is 3.65. The first-order chi connectivity index (χ1) is 15.0. The first-order valence-corrected chi connectivity index (χ1v) is 9.91. The summed E-state index contributed by atoms with van der Waals surface area (Å²) in [4.78, 5) is 20.4. The Hall–Kier alpha value is -4.18. The molecule has 0 spiro atoms. The number of pyridine rings is 1. The number of aryl methyl sites for hydroxylation is 2. The average molecular weight is 410 g/mol. The Morgan fingerprint density at radius 1 is 1.29 bits per heavy atom. The molecule has 7 heteroatoms. The Balaban J connectivity index is 1.68. The Kier molecular flexibility index (Phi) is 5.37. The molecule has 0 bridgehead atoms. The highest BCUT2D eigenvalue weighted by atomic mass is 16.1. The fourth-order valence-corrected chi connectivity index (χ4v) is 3.65. The molecule has 31 heavy (non-hydrogen) atoms. The van der Waals surface area contributed by atoms with Crippen LogP contribution in [-0.4, -0.2) is 25.7 Å². The quantitative estimate of drug-likeness (QED) is 0.383. The van der Waals surface area contributed by atoms with Gasteiger partial charge in [0.2, 0.25) is 0 Å². The van der Waals surface area contributed by atoms with E-state index in [4.69, 9.17) is 0 Å². The highest BCUT2D eigenvalue weighted by Crippen LogP contribution is 2.30. The summed E-state index contributed by atoms with van der Waals surface area (Å²) in [6, 6.07) is 11.5. The molecule has 0 radical (unpaired) electrons. The van der Waals surface area contributed by atoms with E-state index < -0.39 is 5.91 Å². The van der Waals surface area contributed by atoms with Crippen molar-refractivity contribution in [1.29, 1.82) is 5.26 Å². The van der Waals surface area contributed by atoms with Gasteiger partial charge in [-0.15, -0.1) is 0 Å². The van der Waals surface area contributed by atoms with Gasteiger partial charge >= 0.3 is 0 Å². The van der Waals surface area contributed by atoms with E-state index in [1.54, 1.807) is 29.3 Å². The van der Waals surface area contributed by atoms with Crippen LogP contribution in [0.15, 0.2) is 60.7 Å². The number of aromatic nitrogens is 4. The minimum Gasteiger partial charge on any atom is -0.346 e. The summed E-state index contributed by atoms with van der Waals surface area (Å²) < 4.78 is 1.74. The molecular weight excluding hydrogens is 388 g/mol. The lowest BCUT2D eigenvalue weighted by atomic mass is 10.0. The number of hydrogen-bond acceptors (Lipinski definition) is 4. The van der Waals surface area contributed by atoms with Crippen LogP contribution in [0.25, 0.3) is 28.2 Å². The summed E-state index contributed by atoms with van der Waals surface area (Å²) in [5.41, 5.74) is 5.37. The van der Waals surface area contributed by atoms with Crippen molar-refractivity contribution in [2.24, 2.45) is 7.05 Å². The van der Waals surface area contributed by atoms with Gasteiger partial charge in [0.1, 0.15) is 17.3 Å². The van der Waals surface area contributed by atoms with Crippen LogP contribution >= 0.6 is 0 Å². The summed E-state index contributed by atoms with van der Waals surface area (Å²) in [5, 5.41) is 17.6. The zero-order chi connectivity index (χ0) is 22.0. The van der Waals surface area contributed by atoms with Crippen LogP contribution in [0.2, 0.25) is 0 Å². The molecule has 4 rings (SSSR count). The maximum Gasteiger partial charge on any atom is 0.262 e. The molecule has 154 valence electrons. The summed E-state index contributed by atoms with van der Waals surface area (Å²) in [6.45, 7) is 3.89. The lowest BCUT2D eigenvalue weighted by molar-refractivity contribution is -0.117. The molecular formula is C24H22N6O. The summed E-state index contributed by atoms with van der Waals surface area (Å²) >= 11 is 0. The second kappa shape index (κ2) is 8.28. The van der Waals surface area contributed by atoms with Crippen molar-refractivity contribution in [2.75, 3.05) is 0 Å². The zero-order valence-electron chi connectivity index (χ0n) is 17.5. The molecule has 0 aliphatic heterocycles. The topological polar surface area (TPSA) is 99.4 Å². The number of H-pyrrole nitrogens is 1. The van der Waals surface area contributed by atoms with E-state index in [9.17, 15) is 10.1 Å². The molecule has 3 heterocycles. The molecule has 0 unspecified atom stereocenters. The van der Waals surface area contributed by atoms with Gasteiger partial charge in [-0.2, -0.15) is 10.4 Å². The Bertz CT molecular complexity index is 1320. The monoisotopic (exact) mass is 410 g/mol. The largest absolute Gasteiger partial charge is 0.346 e. The van der Waals surface area contributed by atoms with Crippen LogP contribution in [0.1, 0.15) is 29.7 Å². The van der Waals surface area contributed by atoms with E-state index >= 15 is 0 Å². The van der Waals surface area contributed by atoms with Gasteiger partial charge in [-0.05, 0) is 31.1 Å². The summed E-state index contributed by atoms with van der Waals surface area (Å²) in [7, 11) is 1.86. The van der Waals surface area contributed by atoms with Crippen LogP contribution in [-0.2, 0) is 11.8 Å². The van der Waals surface area contributed by atoms with E-state index in [0.29, 0.717) is 5.65 Å². The second-order valence-electron chi connectivity index (χ2n) is 7.44. The standard InChI is InChI=1S/C24H22N6O/c1-15-21(20-12-28-30(3)14-20)13-27-23-22(15)19(11-26-23)9-18(10-25)24(31)29-16(2)17-7-5-4-6-8-17/h4-9,11-14,16H,1-3H3,(H,26,27)(H,29,31)/b18-9+/t16-/m1/s1. The molecule has 7 nitrogen and oxygen atoms in total. The molecule has 3 aromatic heterocycles. The number of aromatic amines is 1. The van der Waals surface area contributed by atoms with Crippen LogP contribution in [0, 0.1) is 18.3 Å². The van der Waals surface area contributed by atoms with Gasteiger partial charge < -0.3 is 10.3 Å². The zero-order valence-corrected chi connectivity index (χ0v) is 17.5. The van der Waals surface area contributed by atoms with Crippen LogP contribution in [0.4, 0.5) is 0 Å². The van der Waals surface area contributed by atoms with Gasteiger partial charge in [0.05, 0.1) is 12.2 Å². The van der Waals surface area contributed by atoms with E-state index in [-0.39, 0.29) is 11.6 Å². The third-order valence-corrected chi connectivity index (χ3v) is 5.32. The first kappa shape index (κ1) is 20.1. The number of nitrogens with one attached hydrogen (secondary N) is 2. The van der Waals surface area contributed by atoms with Gasteiger partial charge in [-0.25, -0.2) is 4.98 Å². The van der Waals surface area contributed by atoms with E-state index in [2.05, 4.69) is 20.4 Å². The maximum atomic E-state index is 12.8. The van der Waals surface area contributed by atoms with Crippen LogP contribution < -0.4 is 5.32 Å². The highest BCUT2D eigenvalue weighted by molar-refractivity contribution is 6.04. The average Bonchev–Trinajstić information content (AvgIpc) is 3.39. The molecule has 0 aliphatic carbocycles. The number of benzene rings is 1. The van der Waals surface area contributed by atoms with Crippen molar-refractivity contribution in [3.05, 3.63) is 77.4 Å². The van der Waals surface area contributed by atoms with Crippen molar-refractivity contribution in [1.82, 2.24) is 25.1 Å². The van der Waals surface area contributed by atoms with Crippen molar-refractivity contribution in [2.45, 2.75) is 19.9 Å². The van der Waals surface area contributed by atoms with E-state index in [1.165, 1.54) is 0 Å². The van der Waals surface area contributed by atoms with Crippen LogP contribution in [0.5, 0.6) is 0 Å². The third kappa shape index (κ3) is 3.96. The molecule has 0 saturated heterocycles. The van der Waals surface area contributed by atoms with Crippen molar-refractivity contribution < 1.29 is 4.79 Å². The molecule has 1 aromatic carbocycles. The second-order valence-corrected chi connectivity index (χ2v) is 7.44. The van der Waals surface area contributed by atoms with Gasteiger partial charge in [-0.1, -0.05) is 30.3 Å². The number of nitrogens with zero attached hydrogens (tertiary/aromatic N) is 4. The van der Waals surface area contributed by atoms with Crippen molar-refractivity contribution in [3.8, 4) is 17.2 Å². The number of fused-ring (bicyclic) bond motifs is 1. The fraction of sp³-hybridized carbons (Fsp3) is 0.167. The van der Waals surface area contributed by atoms with E-state index in [1.807, 2.05) is 63.5 Å². The number of amides is 1. The van der Waals surface area contributed by atoms with Crippen molar-refractivity contribution in [3.63, 3.8) is 0 Å². The third-order valence-electron chi connectivity index (χ3n) is 5.32. The molecule has 1 amide bonds. The SMILES string of the molecule is Cc1c(-c2cnn(C)c2)cnc2[nH]cc(/C=C(\C#N)C(=O)N[C@H](C)c3ccccc3)c12. The smallest absolute Gasteiger partial charge is 0.262 e. The van der Waals surface area contributed by atoms with E-state index in [0.717, 1.165) is 33.2 Å². The predicted molar refractivity (Wildman–Crippen MR) is 120 cm³/mol. The lowest BCUT2D eigenvalue weighted by Gasteiger charge is -2.13. The van der Waals surface area contributed by atoms with Gasteiger partial charge in [0.25, 0.3) is 5.91 Å². The maximum absolute atomic E-state index is 12.8. The lowest BCUT2D eigenvalue weighted by Crippen LogP contribution is -2.27. The molecule has 2 N–H and O–H groups in total. The van der Waals surface area contributed by atoms with Gasteiger partial charge in [-0.3, -0.25) is 9.48 Å². The molecule has 0 fully saturated rings. The summed E-state index contributed by atoms with van der Waals surface area (Å²) in [5.74, 6) is -0.415. The number of hydrogen-bond donors (Lipinski definition) is 2. The molecule has 4 aromatic rings. The molecule has 1 atom stereocenters. The Morgan fingerprint density at radius 2 is 2.06 bits per heavy atom. The number of carbonyl (C=O) groups excluding carboxylic acids is 1. The Labute approximate surface area is 180 Å². The summed E-state index contributed by atoms with van der Waals surface area (Å²) in [6.07, 6.45) is 8.89. The molecule has 0 saturated carbocycles. The minimum absolute atomic E-state index is 0.0369. The van der Waals surface area contributed by atoms with Crippen LogP contribution in [0.3, 0.4) is 0 Å². The number of rotatable bonds is 5. The van der Waals surface area contributed by atoms with Gasteiger partial charge in [0.15, 0.2) is 0 Å². The van der Waals surface area contributed by atoms with Crippen molar-refractivity contribution >= 4 is 23.0 Å². The first-order valence-electron chi connectivity index (χ1n) is 9.91.